The highest BCUT2D eigenvalue weighted by Gasteiger charge is 2.62. The van der Waals surface area contributed by atoms with Crippen LogP contribution in [0.25, 0.3) is 0 Å². The van der Waals surface area contributed by atoms with E-state index in [0.717, 1.165) is 44.1 Å². The van der Waals surface area contributed by atoms with Crippen LogP contribution in [-0.4, -0.2) is 21.8 Å². The quantitative estimate of drug-likeness (QED) is 0.745. The minimum atomic E-state index is -0.700. The molecule has 4 heteroatoms. The number of carbonyl (C=O) groups excluding carboxylic acids is 2. The van der Waals surface area contributed by atoms with Crippen molar-refractivity contribution in [2.75, 3.05) is 0 Å². The van der Waals surface area contributed by atoms with Crippen molar-refractivity contribution in [3.63, 3.8) is 0 Å². The average molecular weight is 344 g/mol. The Balaban J connectivity index is 1.72. The minimum absolute atomic E-state index is 0.0579. The molecule has 2 N–H and O–H groups in total. The lowest BCUT2D eigenvalue weighted by molar-refractivity contribution is -0.138. The number of carbonyl (C=O) groups is 2. The maximum atomic E-state index is 12.9. The lowest BCUT2D eigenvalue weighted by atomic mass is 9.46. The van der Waals surface area contributed by atoms with Gasteiger partial charge in [-0.1, -0.05) is 12.5 Å². The second-order valence-corrected chi connectivity index (χ2v) is 9.14. The van der Waals surface area contributed by atoms with Gasteiger partial charge in [-0.05, 0) is 81.6 Å². The van der Waals surface area contributed by atoms with Gasteiger partial charge in [-0.3, -0.25) is 9.59 Å². The standard InChI is InChI=1S/C21H28O4/c1-11(22)14-6-7-15-13-5-4-12-10-17(23)18(24)19(25)21(12,3)16(13)8-9-20(14,15)2/h10,13-16,23-24H,4-9H2,1-3H3/t13-,14+,15-,16-,20+,21-/m0/s1. The molecule has 4 aliphatic rings. The van der Waals surface area contributed by atoms with Gasteiger partial charge in [-0.25, -0.2) is 0 Å². The van der Waals surface area contributed by atoms with Gasteiger partial charge in [0.2, 0.25) is 11.5 Å². The predicted octanol–water partition coefficient (Wildman–Crippen LogP) is 4.27. The van der Waals surface area contributed by atoms with Crippen LogP contribution in [0.15, 0.2) is 23.2 Å². The highest BCUT2D eigenvalue weighted by molar-refractivity contribution is 6.02. The molecule has 4 rings (SSSR count). The number of allylic oxidation sites excluding steroid dienone is 3. The van der Waals surface area contributed by atoms with E-state index in [9.17, 15) is 19.8 Å². The number of hydrogen-bond donors (Lipinski definition) is 2. The van der Waals surface area contributed by atoms with E-state index >= 15 is 0 Å². The molecule has 0 saturated heterocycles. The molecule has 4 nitrogen and oxygen atoms in total. The first-order valence-electron chi connectivity index (χ1n) is 9.59. The Morgan fingerprint density at radius 3 is 2.52 bits per heavy atom. The molecule has 0 radical (unpaired) electrons. The van der Waals surface area contributed by atoms with Gasteiger partial charge in [0, 0.05) is 5.92 Å². The first kappa shape index (κ1) is 16.9. The molecule has 0 aromatic rings. The van der Waals surface area contributed by atoms with E-state index in [2.05, 4.69) is 6.92 Å². The number of hydrogen-bond acceptors (Lipinski definition) is 4. The largest absolute Gasteiger partial charge is 0.504 e. The summed E-state index contributed by atoms with van der Waals surface area (Å²) in [5, 5.41) is 20.0. The van der Waals surface area contributed by atoms with Gasteiger partial charge in [-0.2, -0.15) is 0 Å². The van der Waals surface area contributed by atoms with Crippen LogP contribution in [0.5, 0.6) is 0 Å². The minimum Gasteiger partial charge on any atom is -0.504 e. The van der Waals surface area contributed by atoms with Crippen LogP contribution in [0.2, 0.25) is 0 Å². The molecule has 3 fully saturated rings. The van der Waals surface area contributed by atoms with Gasteiger partial charge < -0.3 is 10.2 Å². The molecule has 136 valence electrons. The van der Waals surface area contributed by atoms with Crippen molar-refractivity contribution in [3.8, 4) is 0 Å². The molecule has 3 saturated carbocycles. The summed E-state index contributed by atoms with van der Waals surface area (Å²) in [5.41, 5.74) is 0.329. The summed E-state index contributed by atoms with van der Waals surface area (Å²) < 4.78 is 0. The van der Waals surface area contributed by atoms with Crippen molar-refractivity contribution in [3.05, 3.63) is 23.2 Å². The smallest absolute Gasteiger partial charge is 0.211 e. The third-order valence-electron chi connectivity index (χ3n) is 8.32. The summed E-state index contributed by atoms with van der Waals surface area (Å²) in [6.07, 6.45) is 7.34. The predicted molar refractivity (Wildman–Crippen MR) is 93.9 cm³/mol. The van der Waals surface area contributed by atoms with E-state index in [4.69, 9.17) is 0 Å². The van der Waals surface area contributed by atoms with Crippen LogP contribution < -0.4 is 0 Å². The van der Waals surface area contributed by atoms with Gasteiger partial charge in [0.1, 0.15) is 5.78 Å². The molecule has 0 amide bonds. The molecule has 0 heterocycles. The Morgan fingerprint density at radius 1 is 1.12 bits per heavy atom. The van der Waals surface area contributed by atoms with Crippen molar-refractivity contribution in [1.29, 1.82) is 0 Å². The maximum absolute atomic E-state index is 12.9. The zero-order chi connectivity index (χ0) is 18.1. The van der Waals surface area contributed by atoms with Crippen molar-refractivity contribution in [1.82, 2.24) is 0 Å². The monoisotopic (exact) mass is 344 g/mol. The normalized spacial score (nSPS) is 46.2. The zero-order valence-corrected chi connectivity index (χ0v) is 15.3. The van der Waals surface area contributed by atoms with Crippen LogP contribution in [0, 0.1) is 34.5 Å². The molecule has 0 aromatic heterocycles. The van der Waals surface area contributed by atoms with Crippen LogP contribution in [0.1, 0.15) is 59.3 Å². The molecule has 0 unspecified atom stereocenters. The van der Waals surface area contributed by atoms with Crippen LogP contribution in [0.4, 0.5) is 0 Å². The lowest BCUT2D eigenvalue weighted by Gasteiger charge is -2.56. The van der Waals surface area contributed by atoms with Gasteiger partial charge in [0.15, 0.2) is 5.76 Å². The Morgan fingerprint density at radius 2 is 1.84 bits per heavy atom. The Labute approximate surface area is 149 Å². The van der Waals surface area contributed by atoms with Crippen molar-refractivity contribution in [2.45, 2.75) is 59.3 Å². The topological polar surface area (TPSA) is 74.6 Å². The van der Waals surface area contributed by atoms with Gasteiger partial charge in [0.25, 0.3) is 0 Å². The molecule has 0 aromatic carbocycles. The first-order valence-corrected chi connectivity index (χ1v) is 9.59. The Hall–Kier alpha value is -1.58. The van der Waals surface area contributed by atoms with Crippen LogP contribution >= 0.6 is 0 Å². The van der Waals surface area contributed by atoms with E-state index in [1.54, 1.807) is 13.0 Å². The van der Waals surface area contributed by atoms with Crippen LogP contribution in [0.3, 0.4) is 0 Å². The number of aliphatic hydroxyl groups excluding tert-OH is 2. The van der Waals surface area contributed by atoms with Gasteiger partial charge >= 0.3 is 0 Å². The Kier molecular flexibility index (Phi) is 3.52. The summed E-state index contributed by atoms with van der Waals surface area (Å²) in [7, 11) is 0. The van der Waals surface area contributed by atoms with E-state index in [0.29, 0.717) is 17.6 Å². The fraction of sp³-hybridized carbons (Fsp3) is 0.714. The van der Waals surface area contributed by atoms with Gasteiger partial charge in [-0.15, -0.1) is 0 Å². The van der Waals surface area contributed by atoms with Crippen molar-refractivity contribution >= 4 is 11.6 Å². The van der Waals surface area contributed by atoms with E-state index < -0.39 is 11.2 Å². The average Bonchev–Trinajstić information content (AvgIpc) is 2.92. The SMILES string of the molecule is CC(=O)[C@H]1CC[C@H]2[C@@H]3CCC4=CC(O)=C(O)C(=O)[C@]4(C)[C@H]3CC[C@]12C. The zero-order valence-electron chi connectivity index (χ0n) is 15.3. The summed E-state index contributed by atoms with van der Waals surface area (Å²) in [5.74, 6) is 0.478. The van der Waals surface area contributed by atoms with E-state index in [1.165, 1.54) is 0 Å². The Bertz CT molecular complexity index is 717. The summed E-state index contributed by atoms with van der Waals surface area (Å²) >= 11 is 0. The van der Waals surface area contributed by atoms with E-state index in [-0.39, 0.29) is 28.8 Å². The number of aliphatic hydroxyl groups is 2. The second-order valence-electron chi connectivity index (χ2n) is 9.14. The summed E-state index contributed by atoms with van der Waals surface area (Å²) in [6, 6.07) is 0. The number of ketones is 2. The third-order valence-corrected chi connectivity index (χ3v) is 8.32. The maximum Gasteiger partial charge on any atom is 0.211 e. The van der Waals surface area contributed by atoms with Gasteiger partial charge in [0.05, 0.1) is 5.41 Å². The molecule has 25 heavy (non-hydrogen) atoms. The highest BCUT2D eigenvalue weighted by atomic mass is 16.3. The molecule has 0 aliphatic heterocycles. The van der Waals surface area contributed by atoms with E-state index in [1.807, 2.05) is 6.92 Å². The van der Waals surface area contributed by atoms with Crippen molar-refractivity contribution in [2.24, 2.45) is 34.5 Å². The summed E-state index contributed by atoms with van der Waals surface area (Å²) in [6.45, 7) is 5.97. The molecule has 6 atom stereocenters. The molecule has 0 bridgehead atoms. The molecular formula is C21H28O4. The highest BCUT2D eigenvalue weighted by Crippen LogP contribution is 2.66. The van der Waals surface area contributed by atoms with Crippen LogP contribution in [-0.2, 0) is 9.59 Å². The number of fused-ring (bicyclic) bond motifs is 5. The fourth-order valence-corrected chi connectivity index (χ4v) is 7.03. The first-order chi connectivity index (χ1) is 11.7. The number of Topliss-reactive ketones (excluding diaryl/α,β-unsaturated/α-hetero) is 2. The molecule has 4 aliphatic carbocycles. The molecular weight excluding hydrogens is 316 g/mol. The number of rotatable bonds is 1. The molecule has 0 spiro atoms. The second kappa shape index (κ2) is 5.21. The fourth-order valence-electron chi connectivity index (χ4n) is 7.03. The summed E-state index contributed by atoms with van der Waals surface area (Å²) in [4.78, 5) is 25.1. The van der Waals surface area contributed by atoms with Crippen molar-refractivity contribution < 1.29 is 19.8 Å². The lowest BCUT2D eigenvalue weighted by Crippen LogP contribution is -2.53. The third kappa shape index (κ3) is 2.00.